The van der Waals surface area contributed by atoms with Gasteiger partial charge in [-0.1, -0.05) is 252 Å². The third-order valence-corrected chi connectivity index (χ3v) is 15.9. The zero-order valence-corrected chi connectivity index (χ0v) is 53.5. The topological polar surface area (TPSA) is 228 Å². The second-order valence-electron chi connectivity index (χ2n) is 23.5. The van der Waals surface area contributed by atoms with Gasteiger partial charge >= 0.3 is 0 Å². The number of unbranched alkanes of at least 4 members (excludes halogenated alkanes) is 25. The van der Waals surface area contributed by atoms with Crippen LogP contribution in [-0.2, 0) is 23.7 Å². The van der Waals surface area contributed by atoms with Crippen molar-refractivity contribution in [3.8, 4) is 0 Å². The number of rotatable bonds is 54. The molecule has 0 aromatic heterocycles. The van der Waals surface area contributed by atoms with Crippen molar-refractivity contribution in [3.63, 3.8) is 0 Å². The minimum atomic E-state index is -1.80. The van der Waals surface area contributed by atoms with Gasteiger partial charge in [0.25, 0.3) is 0 Å². The van der Waals surface area contributed by atoms with Gasteiger partial charge in [-0.15, -0.1) is 0 Å². The molecular formula is C72H123NO13. The summed E-state index contributed by atoms with van der Waals surface area (Å²) in [6, 6.07) is -0.956. The highest BCUT2D eigenvalue weighted by Gasteiger charge is 2.51. The van der Waals surface area contributed by atoms with Crippen LogP contribution in [0.5, 0.6) is 0 Å². The second-order valence-corrected chi connectivity index (χ2v) is 23.5. The lowest BCUT2D eigenvalue weighted by Gasteiger charge is -2.46. The number of aliphatic hydroxyl groups is 8. The Hall–Kier alpha value is -3.35. The van der Waals surface area contributed by atoms with E-state index < -0.39 is 86.8 Å². The van der Waals surface area contributed by atoms with Crippen LogP contribution in [0.2, 0.25) is 0 Å². The highest BCUT2D eigenvalue weighted by Crippen LogP contribution is 2.30. The van der Waals surface area contributed by atoms with Crippen LogP contribution in [0.3, 0.4) is 0 Å². The molecule has 2 rings (SSSR count). The summed E-state index contributed by atoms with van der Waals surface area (Å²) >= 11 is 0. The molecule has 14 heteroatoms. The van der Waals surface area contributed by atoms with Gasteiger partial charge in [0, 0.05) is 6.42 Å². The summed E-state index contributed by atoms with van der Waals surface area (Å²) in [5.74, 6) is -0.271. The van der Waals surface area contributed by atoms with Gasteiger partial charge in [0.2, 0.25) is 5.91 Å². The van der Waals surface area contributed by atoms with E-state index >= 15 is 0 Å². The van der Waals surface area contributed by atoms with Crippen LogP contribution in [0.15, 0.2) is 109 Å². The Balaban J connectivity index is 1.75. The molecular weight excluding hydrogens is 1090 g/mol. The fourth-order valence-electron chi connectivity index (χ4n) is 10.5. The van der Waals surface area contributed by atoms with Gasteiger partial charge in [-0.05, 0) is 96.3 Å². The number of hydrogen-bond donors (Lipinski definition) is 9. The van der Waals surface area contributed by atoms with E-state index in [9.17, 15) is 45.6 Å². The lowest BCUT2D eigenvalue weighted by Crippen LogP contribution is -2.65. The number of carbonyl (C=O) groups excluding carboxylic acids is 1. The van der Waals surface area contributed by atoms with Crippen molar-refractivity contribution >= 4 is 5.91 Å². The van der Waals surface area contributed by atoms with Crippen molar-refractivity contribution in [2.24, 2.45) is 0 Å². The largest absolute Gasteiger partial charge is 0.394 e. The fourth-order valence-corrected chi connectivity index (χ4v) is 10.5. The third-order valence-electron chi connectivity index (χ3n) is 15.9. The third kappa shape index (κ3) is 39.6. The van der Waals surface area contributed by atoms with E-state index in [2.05, 4.69) is 116 Å². The minimum Gasteiger partial charge on any atom is -0.394 e. The van der Waals surface area contributed by atoms with E-state index in [1.807, 2.05) is 6.08 Å². The molecule has 2 heterocycles. The molecule has 2 saturated heterocycles. The zero-order valence-electron chi connectivity index (χ0n) is 53.5. The van der Waals surface area contributed by atoms with Crippen molar-refractivity contribution in [2.75, 3.05) is 19.8 Å². The Morgan fingerprint density at radius 1 is 0.430 bits per heavy atom. The summed E-state index contributed by atoms with van der Waals surface area (Å²) in [5.41, 5.74) is 0. The van der Waals surface area contributed by atoms with Crippen LogP contribution in [0, 0.1) is 0 Å². The summed E-state index contributed by atoms with van der Waals surface area (Å²) in [4.78, 5) is 13.3. The molecule has 12 unspecified atom stereocenters. The van der Waals surface area contributed by atoms with E-state index in [1.165, 1.54) is 109 Å². The van der Waals surface area contributed by atoms with Crippen molar-refractivity contribution in [1.29, 1.82) is 0 Å². The number of nitrogens with one attached hydrogen (secondary N) is 1. The normalized spacial score (nSPS) is 24.1. The van der Waals surface area contributed by atoms with Gasteiger partial charge in [-0.3, -0.25) is 4.79 Å². The SMILES string of the molecule is CC/C=C\C/C=C\C/C=C\C/C=C\C/C=C\C/C=C\CCCCCCCCC(=O)NC(COC1OC(CO)C(OC2OC(CO)C(O)C(O)C2O)C(O)C1O)C(O)/C=C/CC/C=C/CC/C=C/CCCCCCCCCCCCCCCCCCC. The first-order valence-corrected chi connectivity index (χ1v) is 34.1. The van der Waals surface area contributed by atoms with Crippen LogP contribution >= 0.6 is 0 Å². The van der Waals surface area contributed by atoms with Crippen molar-refractivity contribution < 1.29 is 64.6 Å². The number of allylic oxidation sites excluding steroid dienone is 17. The molecule has 0 bridgehead atoms. The highest BCUT2D eigenvalue weighted by molar-refractivity contribution is 5.76. The summed E-state index contributed by atoms with van der Waals surface area (Å²) in [5, 5.41) is 87.3. The second kappa shape index (κ2) is 55.7. The van der Waals surface area contributed by atoms with Crippen LogP contribution < -0.4 is 5.32 Å². The Labute approximate surface area is 521 Å². The van der Waals surface area contributed by atoms with E-state index in [0.29, 0.717) is 12.8 Å². The predicted molar refractivity (Wildman–Crippen MR) is 350 cm³/mol. The Bertz CT molecular complexity index is 1860. The van der Waals surface area contributed by atoms with E-state index in [1.54, 1.807) is 6.08 Å². The van der Waals surface area contributed by atoms with E-state index in [4.69, 9.17) is 18.9 Å². The maximum atomic E-state index is 13.3. The lowest BCUT2D eigenvalue weighted by molar-refractivity contribution is -0.359. The average molecular weight is 1210 g/mol. The Morgan fingerprint density at radius 3 is 1.28 bits per heavy atom. The molecule has 0 spiro atoms. The molecule has 2 aliphatic rings. The van der Waals surface area contributed by atoms with E-state index in [0.717, 1.165) is 103 Å². The van der Waals surface area contributed by atoms with Gasteiger partial charge in [-0.25, -0.2) is 0 Å². The first kappa shape index (κ1) is 78.7. The molecule has 86 heavy (non-hydrogen) atoms. The quantitative estimate of drug-likeness (QED) is 0.0204. The maximum absolute atomic E-state index is 13.3. The molecule has 0 radical (unpaired) electrons. The zero-order chi connectivity index (χ0) is 62.3. The van der Waals surface area contributed by atoms with Gasteiger partial charge in [-0.2, -0.15) is 0 Å². The molecule has 0 aliphatic carbocycles. The van der Waals surface area contributed by atoms with Crippen molar-refractivity contribution in [3.05, 3.63) is 109 Å². The molecule has 0 aromatic carbocycles. The van der Waals surface area contributed by atoms with Crippen LogP contribution in [-0.4, -0.2) is 140 Å². The summed E-state index contributed by atoms with van der Waals surface area (Å²) < 4.78 is 22.8. The average Bonchev–Trinajstić information content (AvgIpc) is 2.54. The standard InChI is InChI=1S/C72H123NO13/c1-3-5-7-9-11-13-15-17-19-21-23-25-27-29-30-32-33-35-37-39-41-43-45-47-49-51-53-55-61(76)60(59-83-71-69(82)67(80)70(63(58-75)85-71)86-72-68(81)66(79)65(78)62(57-74)84-72)73-64(77)56-54-52-50-48-46-44-42-40-38-36-34-31-28-26-24-22-20-18-16-14-12-10-8-6-4-2/h6,8,12,14,18,20,24,26,31,34,37-40,45,47,53,55,60-63,65-72,74-76,78-82H,3-5,7,9-11,13,15-17,19,21-23,25,27-30,32-33,35-36,41-44,46,48-52,54,56-59H2,1-2H3,(H,73,77)/b8-6-,14-12-,20-18-,26-24-,34-31-,39-37+,40-38-,47-45+,55-53+. The van der Waals surface area contributed by atoms with Gasteiger partial charge < -0.3 is 65.1 Å². The van der Waals surface area contributed by atoms with Gasteiger partial charge in [0.1, 0.15) is 48.8 Å². The predicted octanol–water partition coefficient (Wildman–Crippen LogP) is 13.6. The number of hydrogen-bond acceptors (Lipinski definition) is 13. The Kier molecular flexibility index (Phi) is 51.0. The smallest absolute Gasteiger partial charge is 0.220 e. The van der Waals surface area contributed by atoms with Gasteiger partial charge in [0.15, 0.2) is 12.6 Å². The molecule has 2 aliphatic heterocycles. The number of ether oxygens (including phenoxy) is 4. The first-order valence-electron chi connectivity index (χ1n) is 34.1. The van der Waals surface area contributed by atoms with Crippen LogP contribution in [0.1, 0.15) is 245 Å². The molecule has 494 valence electrons. The molecule has 12 atom stereocenters. The maximum Gasteiger partial charge on any atom is 0.220 e. The number of aliphatic hydroxyl groups excluding tert-OH is 8. The summed E-state index contributed by atoms with van der Waals surface area (Å²) in [6.45, 7) is 2.66. The Morgan fingerprint density at radius 2 is 0.814 bits per heavy atom. The monoisotopic (exact) mass is 1210 g/mol. The summed E-state index contributed by atoms with van der Waals surface area (Å²) in [7, 11) is 0. The number of amides is 1. The van der Waals surface area contributed by atoms with E-state index in [-0.39, 0.29) is 18.9 Å². The lowest BCUT2D eigenvalue weighted by atomic mass is 9.97. The molecule has 14 nitrogen and oxygen atoms in total. The molecule has 2 fully saturated rings. The first-order chi connectivity index (χ1) is 42.1. The van der Waals surface area contributed by atoms with Crippen LogP contribution in [0.4, 0.5) is 0 Å². The number of carbonyl (C=O) groups is 1. The van der Waals surface area contributed by atoms with Gasteiger partial charge in [0.05, 0.1) is 32.0 Å². The van der Waals surface area contributed by atoms with Crippen molar-refractivity contribution in [2.45, 2.75) is 319 Å². The molecule has 0 saturated carbocycles. The summed E-state index contributed by atoms with van der Waals surface area (Å²) in [6.07, 6.45) is 62.8. The molecule has 1 amide bonds. The minimum absolute atomic E-state index is 0.246. The van der Waals surface area contributed by atoms with Crippen LogP contribution in [0.25, 0.3) is 0 Å². The highest BCUT2D eigenvalue weighted by atomic mass is 16.7. The molecule has 0 aromatic rings. The van der Waals surface area contributed by atoms with Crippen molar-refractivity contribution in [1.82, 2.24) is 5.32 Å². The molecule has 9 N–H and O–H groups in total. The fraction of sp³-hybridized carbons (Fsp3) is 0.736.